The molecular formula is C22H26N6O. The predicted molar refractivity (Wildman–Crippen MR) is 112 cm³/mol. The average molecular weight is 390 g/mol. The molecule has 1 unspecified atom stereocenters. The van der Waals surface area contributed by atoms with Crippen LogP contribution in [-0.2, 0) is 11.3 Å². The third-order valence-corrected chi connectivity index (χ3v) is 6.01. The fraction of sp³-hybridized carbons (Fsp3) is 0.409. The number of aromatic nitrogens is 3. The summed E-state index contributed by atoms with van der Waals surface area (Å²) in [5, 5.41) is 0. The Morgan fingerprint density at radius 1 is 1.03 bits per heavy atom. The maximum Gasteiger partial charge on any atom is 0.157 e. The number of Topliss-reactive ketones (excluding diaryl/α,β-unsaturated/α-hetero) is 1. The highest BCUT2D eigenvalue weighted by molar-refractivity contribution is 5.87. The molecule has 0 saturated carbocycles. The lowest BCUT2D eigenvalue weighted by atomic mass is 10.1. The van der Waals surface area contributed by atoms with Gasteiger partial charge < -0.3 is 9.80 Å². The lowest BCUT2D eigenvalue weighted by Crippen LogP contribution is -2.45. The minimum atomic E-state index is -0.277. The normalized spacial score (nSPS) is 21.3. The van der Waals surface area contributed by atoms with Gasteiger partial charge in [0.25, 0.3) is 0 Å². The molecule has 0 bridgehead atoms. The van der Waals surface area contributed by atoms with E-state index in [9.17, 15) is 4.79 Å². The first-order valence-corrected chi connectivity index (χ1v) is 10.3. The fourth-order valence-corrected chi connectivity index (χ4v) is 4.47. The minimum Gasteiger partial charge on any atom is -0.354 e. The van der Waals surface area contributed by atoms with E-state index in [4.69, 9.17) is 4.98 Å². The second kappa shape index (κ2) is 7.57. The summed E-state index contributed by atoms with van der Waals surface area (Å²) in [7, 11) is 2.17. The van der Waals surface area contributed by atoms with Gasteiger partial charge in [-0.25, -0.2) is 4.98 Å². The molecule has 3 aromatic heterocycles. The van der Waals surface area contributed by atoms with E-state index >= 15 is 0 Å². The number of likely N-dealkylation sites (tertiary alicyclic amines) is 1. The number of hydrogen-bond acceptors (Lipinski definition) is 6. The molecule has 2 aliphatic rings. The third kappa shape index (κ3) is 3.41. The number of imidazole rings is 1. The molecule has 0 aliphatic carbocycles. The summed E-state index contributed by atoms with van der Waals surface area (Å²) >= 11 is 0. The first-order chi connectivity index (χ1) is 14.2. The Bertz CT molecular complexity index is 1010. The van der Waals surface area contributed by atoms with Crippen molar-refractivity contribution in [2.45, 2.75) is 19.0 Å². The molecule has 2 saturated heterocycles. The van der Waals surface area contributed by atoms with Gasteiger partial charge in [0.2, 0.25) is 0 Å². The number of likely N-dealkylation sites (N-methyl/N-ethyl adjacent to an activating group) is 1. The molecule has 0 amide bonds. The zero-order valence-corrected chi connectivity index (χ0v) is 16.7. The molecule has 0 spiro atoms. The van der Waals surface area contributed by atoms with Crippen LogP contribution in [0.3, 0.4) is 0 Å². The van der Waals surface area contributed by atoms with Gasteiger partial charge in [0.05, 0.1) is 11.4 Å². The van der Waals surface area contributed by atoms with Crippen LogP contribution in [0.1, 0.15) is 23.9 Å². The number of fused-ring (bicyclic) bond motifs is 1. The van der Waals surface area contributed by atoms with E-state index in [1.165, 1.54) is 0 Å². The highest BCUT2D eigenvalue weighted by Crippen LogP contribution is 2.32. The summed E-state index contributed by atoms with van der Waals surface area (Å²) in [6.45, 7) is 5.44. The Morgan fingerprint density at radius 3 is 2.66 bits per heavy atom. The van der Waals surface area contributed by atoms with Crippen molar-refractivity contribution in [2.75, 3.05) is 44.7 Å². The van der Waals surface area contributed by atoms with Crippen LogP contribution in [0.25, 0.3) is 5.65 Å². The molecular weight excluding hydrogens is 364 g/mol. The predicted octanol–water partition coefficient (Wildman–Crippen LogP) is 2.00. The lowest BCUT2D eigenvalue weighted by molar-refractivity contribution is -0.120. The van der Waals surface area contributed by atoms with Crippen LogP contribution in [0.5, 0.6) is 0 Å². The van der Waals surface area contributed by atoms with Crippen LogP contribution >= 0.6 is 0 Å². The van der Waals surface area contributed by atoms with Gasteiger partial charge in [0.1, 0.15) is 17.5 Å². The van der Waals surface area contributed by atoms with E-state index in [1.807, 2.05) is 30.3 Å². The van der Waals surface area contributed by atoms with Crippen molar-refractivity contribution in [2.24, 2.45) is 0 Å². The topological polar surface area (TPSA) is 57.0 Å². The number of pyridine rings is 2. The molecule has 0 N–H and O–H groups in total. The molecule has 0 radical (unpaired) electrons. The molecule has 5 rings (SSSR count). The quantitative estimate of drug-likeness (QED) is 0.679. The molecule has 7 heteroatoms. The van der Waals surface area contributed by atoms with Gasteiger partial charge in [-0.2, -0.15) is 0 Å². The summed E-state index contributed by atoms with van der Waals surface area (Å²) < 4.78 is 2.19. The average Bonchev–Trinajstić information content (AvgIpc) is 3.29. The van der Waals surface area contributed by atoms with Crippen molar-refractivity contribution in [3.63, 3.8) is 0 Å². The van der Waals surface area contributed by atoms with Gasteiger partial charge in [0, 0.05) is 58.1 Å². The van der Waals surface area contributed by atoms with Gasteiger partial charge in [-0.15, -0.1) is 0 Å². The summed E-state index contributed by atoms with van der Waals surface area (Å²) in [6.07, 6.45) is 4.42. The van der Waals surface area contributed by atoms with Crippen LogP contribution in [0.2, 0.25) is 0 Å². The molecule has 2 aliphatic heterocycles. The zero-order chi connectivity index (χ0) is 19.8. The summed E-state index contributed by atoms with van der Waals surface area (Å²) in [5.74, 6) is 1.40. The van der Waals surface area contributed by atoms with E-state index in [0.717, 1.165) is 55.6 Å². The number of anilines is 1. The van der Waals surface area contributed by atoms with Crippen molar-refractivity contribution in [3.8, 4) is 0 Å². The maximum absolute atomic E-state index is 12.6. The number of nitrogens with zero attached hydrogens (tertiary/aromatic N) is 6. The van der Waals surface area contributed by atoms with Gasteiger partial charge in [0.15, 0.2) is 5.78 Å². The van der Waals surface area contributed by atoms with Gasteiger partial charge >= 0.3 is 0 Å². The number of rotatable bonds is 4. The first-order valence-electron chi connectivity index (χ1n) is 10.3. The van der Waals surface area contributed by atoms with E-state index in [0.29, 0.717) is 13.0 Å². The van der Waals surface area contributed by atoms with Gasteiger partial charge in [-0.05, 0) is 31.3 Å². The van der Waals surface area contributed by atoms with E-state index in [2.05, 4.69) is 43.4 Å². The van der Waals surface area contributed by atoms with Crippen molar-refractivity contribution in [1.82, 2.24) is 24.2 Å². The molecule has 0 aromatic carbocycles. The highest BCUT2D eigenvalue weighted by Gasteiger charge is 2.36. The lowest BCUT2D eigenvalue weighted by Gasteiger charge is -2.34. The van der Waals surface area contributed by atoms with Crippen LogP contribution < -0.4 is 4.90 Å². The Morgan fingerprint density at radius 2 is 1.86 bits per heavy atom. The third-order valence-electron chi connectivity index (χ3n) is 6.01. The monoisotopic (exact) mass is 390 g/mol. The van der Waals surface area contributed by atoms with E-state index < -0.39 is 0 Å². The number of carbonyl (C=O) groups is 1. The van der Waals surface area contributed by atoms with Crippen molar-refractivity contribution in [1.29, 1.82) is 0 Å². The van der Waals surface area contributed by atoms with Crippen molar-refractivity contribution in [3.05, 3.63) is 60.2 Å². The first kappa shape index (κ1) is 18.3. The van der Waals surface area contributed by atoms with Gasteiger partial charge in [-0.1, -0.05) is 12.1 Å². The summed E-state index contributed by atoms with van der Waals surface area (Å²) in [5.41, 5.74) is 2.83. The van der Waals surface area contributed by atoms with E-state index in [1.54, 1.807) is 6.20 Å². The maximum atomic E-state index is 12.6. The summed E-state index contributed by atoms with van der Waals surface area (Å²) in [4.78, 5) is 29.1. The molecule has 5 heterocycles. The molecule has 29 heavy (non-hydrogen) atoms. The Hall–Kier alpha value is -2.77. The van der Waals surface area contributed by atoms with Crippen molar-refractivity contribution < 1.29 is 4.79 Å². The zero-order valence-electron chi connectivity index (χ0n) is 16.7. The second-order valence-electron chi connectivity index (χ2n) is 7.95. The van der Waals surface area contributed by atoms with Crippen LogP contribution in [0.4, 0.5) is 5.82 Å². The Labute approximate surface area is 170 Å². The number of piperazine rings is 1. The van der Waals surface area contributed by atoms with E-state index in [-0.39, 0.29) is 11.8 Å². The molecule has 1 atom stereocenters. The Kier molecular flexibility index (Phi) is 4.77. The highest BCUT2D eigenvalue weighted by atomic mass is 16.1. The smallest absolute Gasteiger partial charge is 0.157 e. The van der Waals surface area contributed by atoms with Crippen LogP contribution in [0, 0.1) is 0 Å². The van der Waals surface area contributed by atoms with Crippen LogP contribution in [0.15, 0.2) is 48.8 Å². The fourth-order valence-electron chi connectivity index (χ4n) is 4.47. The van der Waals surface area contributed by atoms with Crippen LogP contribution in [-0.4, -0.2) is 69.7 Å². The number of ketones is 1. The Balaban J connectivity index is 1.50. The second-order valence-corrected chi connectivity index (χ2v) is 7.95. The molecule has 150 valence electrons. The largest absolute Gasteiger partial charge is 0.354 e. The minimum absolute atomic E-state index is 0.244. The summed E-state index contributed by atoms with van der Waals surface area (Å²) in [6, 6.07) is 11.6. The number of hydrogen-bond donors (Lipinski definition) is 0. The van der Waals surface area contributed by atoms with Crippen molar-refractivity contribution >= 4 is 17.2 Å². The number of carbonyl (C=O) groups excluding carboxylic acids is 1. The molecule has 3 aromatic rings. The standard InChI is InChI=1S/C22H26N6O/c1-25-12-14-26(15-13-25)22-18(24-20-7-3-5-10-28(20)22)16-27-11-8-19(29)21(27)17-6-2-4-9-23-17/h2-7,9-10,21H,8,11-16H2,1H3. The van der Waals surface area contributed by atoms with Gasteiger partial charge in [-0.3, -0.25) is 19.1 Å². The molecule has 2 fully saturated rings. The SMILES string of the molecule is CN1CCN(c2c(CN3CCC(=O)C3c3ccccn3)nc3ccccn23)CC1. The molecule has 7 nitrogen and oxygen atoms in total.